The van der Waals surface area contributed by atoms with Crippen LogP contribution in [-0.4, -0.2) is 25.6 Å². The molecule has 0 atom stereocenters. The zero-order valence-corrected chi connectivity index (χ0v) is 13.6. The summed E-state index contributed by atoms with van der Waals surface area (Å²) in [6.07, 6.45) is -0.908. The quantitative estimate of drug-likeness (QED) is 0.723. The minimum absolute atomic E-state index is 0.103. The zero-order valence-electron chi connectivity index (χ0n) is 13.6. The number of pyridine rings is 2. The van der Waals surface area contributed by atoms with Crippen LogP contribution in [0.15, 0.2) is 52.2 Å². The molecule has 140 valence electrons. The van der Waals surface area contributed by atoms with Crippen LogP contribution in [0.4, 0.5) is 13.2 Å². The van der Waals surface area contributed by atoms with Crippen molar-refractivity contribution >= 4 is 5.91 Å². The van der Waals surface area contributed by atoms with E-state index in [0.29, 0.717) is 28.2 Å². The lowest BCUT2D eigenvalue weighted by Crippen LogP contribution is -2.32. The van der Waals surface area contributed by atoms with Crippen LogP contribution in [-0.2, 0) is 24.1 Å². The van der Waals surface area contributed by atoms with Crippen molar-refractivity contribution in [2.45, 2.75) is 19.3 Å². The van der Waals surface area contributed by atoms with Gasteiger partial charge in [0.1, 0.15) is 6.54 Å². The van der Waals surface area contributed by atoms with E-state index >= 15 is 0 Å². The third-order valence-corrected chi connectivity index (χ3v) is 3.47. The predicted molar refractivity (Wildman–Crippen MR) is 85.1 cm³/mol. The van der Waals surface area contributed by atoms with Gasteiger partial charge in [-0.3, -0.25) is 14.6 Å². The summed E-state index contributed by atoms with van der Waals surface area (Å²) in [5.41, 5.74) is -1.08. The lowest BCUT2D eigenvalue weighted by atomic mass is 10.2. The molecule has 0 aliphatic heterocycles. The number of nitrogens with zero attached hydrogens (tertiary/aromatic N) is 4. The van der Waals surface area contributed by atoms with Crippen LogP contribution in [0.1, 0.15) is 11.5 Å². The third-order valence-electron chi connectivity index (χ3n) is 3.47. The van der Waals surface area contributed by atoms with Crippen LogP contribution in [0.25, 0.3) is 11.4 Å². The second kappa shape index (κ2) is 7.40. The highest BCUT2D eigenvalue weighted by Crippen LogP contribution is 2.27. The summed E-state index contributed by atoms with van der Waals surface area (Å²) in [4.78, 5) is 31.5. The smallest absolute Gasteiger partial charge is 0.345 e. The summed E-state index contributed by atoms with van der Waals surface area (Å²) in [7, 11) is 0. The third kappa shape index (κ3) is 4.57. The maximum atomic E-state index is 12.7. The van der Waals surface area contributed by atoms with Gasteiger partial charge in [-0.2, -0.15) is 18.2 Å². The molecular formula is C16H12F3N5O3. The van der Waals surface area contributed by atoms with Crippen molar-refractivity contribution in [3.8, 4) is 11.4 Å². The highest BCUT2D eigenvalue weighted by molar-refractivity contribution is 5.75. The number of carbonyl (C=O) groups excluding carboxylic acids is 1. The lowest BCUT2D eigenvalue weighted by molar-refractivity contribution is -0.138. The van der Waals surface area contributed by atoms with E-state index in [0.717, 1.165) is 6.07 Å². The van der Waals surface area contributed by atoms with E-state index in [1.165, 1.54) is 0 Å². The number of nitrogens with one attached hydrogen (secondary N) is 1. The molecule has 0 aromatic carbocycles. The van der Waals surface area contributed by atoms with Crippen LogP contribution in [0.5, 0.6) is 0 Å². The molecule has 3 aromatic rings. The van der Waals surface area contributed by atoms with E-state index in [9.17, 15) is 22.8 Å². The first-order valence-electron chi connectivity index (χ1n) is 7.60. The molecule has 11 heteroatoms. The Morgan fingerprint density at radius 2 is 1.93 bits per heavy atom. The van der Waals surface area contributed by atoms with Crippen LogP contribution in [0.2, 0.25) is 0 Å². The molecule has 0 unspecified atom stereocenters. The Balaban J connectivity index is 1.62. The summed E-state index contributed by atoms with van der Waals surface area (Å²) in [5, 5.41) is 6.16. The molecule has 0 bridgehead atoms. The first-order valence-corrected chi connectivity index (χ1v) is 7.60. The van der Waals surface area contributed by atoms with E-state index in [-0.39, 0.29) is 12.4 Å². The van der Waals surface area contributed by atoms with Crippen LogP contribution in [0, 0.1) is 0 Å². The van der Waals surface area contributed by atoms with Crippen molar-refractivity contribution in [1.82, 2.24) is 25.0 Å². The highest BCUT2D eigenvalue weighted by atomic mass is 19.4. The minimum atomic E-state index is -4.61. The Kier molecular flexibility index (Phi) is 5.01. The van der Waals surface area contributed by atoms with Crippen molar-refractivity contribution in [2.75, 3.05) is 0 Å². The van der Waals surface area contributed by atoms with Gasteiger partial charge in [0.2, 0.25) is 17.6 Å². The van der Waals surface area contributed by atoms with Crippen molar-refractivity contribution in [3.63, 3.8) is 0 Å². The summed E-state index contributed by atoms with van der Waals surface area (Å²) in [5.74, 6) is -0.276. The maximum absolute atomic E-state index is 12.7. The second-order valence-corrected chi connectivity index (χ2v) is 5.41. The number of hydrogen-bond donors (Lipinski definition) is 1. The summed E-state index contributed by atoms with van der Waals surface area (Å²) < 4.78 is 43.8. The van der Waals surface area contributed by atoms with Crippen LogP contribution in [0.3, 0.4) is 0 Å². The van der Waals surface area contributed by atoms with Gasteiger partial charge in [-0.1, -0.05) is 5.16 Å². The largest absolute Gasteiger partial charge is 0.417 e. The number of amides is 1. The number of alkyl halides is 3. The number of rotatable bonds is 5. The van der Waals surface area contributed by atoms with Gasteiger partial charge in [-0.05, 0) is 18.2 Å². The van der Waals surface area contributed by atoms with Crippen LogP contribution < -0.4 is 10.9 Å². The van der Waals surface area contributed by atoms with Crippen LogP contribution >= 0.6 is 0 Å². The molecule has 0 radical (unpaired) electrons. The van der Waals surface area contributed by atoms with E-state index in [1.807, 2.05) is 0 Å². The molecule has 3 rings (SSSR count). The standard InChI is InChI=1S/C16H12F3N5O3/c17-16(18,19)11-1-2-14(26)24(8-11)9-12(25)21-7-13-22-15(23-27-13)10-3-5-20-6-4-10/h1-6,8H,7,9H2,(H,21,25). The summed E-state index contributed by atoms with van der Waals surface area (Å²) in [6, 6.07) is 4.77. The molecule has 3 heterocycles. The van der Waals surface area contributed by atoms with Crippen molar-refractivity contribution in [2.24, 2.45) is 0 Å². The van der Waals surface area contributed by atoms with E-state index in [4.69, 9.17) is 4.52 Å². The molecule has 0 fully saturated rings. The number of aromatic nitrogens is 4. The molecule has 0 spiro atoms. The van der Waals surface area contributed by atoms with Gasteiger partial charge < -0.3 is 14.4 Å². The Morgan fingerprint density at radius 1 is 1.19 bits per heavy atom. The Morgan fingerprint density at radius 3 is 2.63 bits per heavy atom. The first kappa shape index (κ1) is 18.3. The molecule has 8 nitrogen and oxygen atoms in total. The van der Waals surface area contributed by atoms with Gasteiger partial charge in [0.05, 0.1) is 12.1 Å². The Labute approximate surface area is 149 Å². The van der Waals surface area contributed by atoms with Gasteiger partial charge >= 0.3 is 6.18 Å². The molecular weight excluding hydrogens is 367 g/mol. The summed E-state index contributed by atoms with van der Waals surface area (Å²) >= 11 is 0. The normalized spacial score (nSPS) is 11.4. The molecule has 1 amide bonds. The Bertz CT molecular complexity index is 998. The van der Waals surface area contributed by atoms with Crippen molar-refractivity contribution < 1.29 is 22.5 Å². The summed E-state index contributed by atoms with van der Waals surface area (Å²) in [6.45, 7) is -0.710. The van der Waals surface area contributed by atoms with Gasteiger partial charge in [-0.25, -0.2) is 0 Å². The Hall–Kier alpha value is -3.50. The van der Waals surface area contributed by atoms with Crippen molar-refractivity contribution in [3.05, 3.63) is 64.7 Å². The van der Waals surface area contributed by atoms with Gasteiger partial charge in [0, 0.05) is 30.2 Å². The van der Waals surface area contributed by atoms with E-state index < -0.39 is 29.8 Å². The predicted octanol–water partition coefficient (Wildman–Crippen LogP) is 1.63. The fraction of sp³-hybridized carbons (Fsp3) is 0.188. The maximum Gasteiger partial charge on any atom is 0.417 e. The number of hydrogen-bond acceptors (Lipinski definition) is 6. The lowest BCUT2D eigenvalue weighted by Gasteiger charge is -2.10. The average molecular weight is 379 g/mol. The molecule has 0 aliphatic rings. The molecule has 0 aliphatic carbocycles. The molecule has 0 saturated heterocycles. The monoisotopic (exact) mass is 379 g/mol. The minimum Gasteiger partial charge on any atom is -0.345 e. The highest BCUT2D eigenvalue weighted by Gasteiger charge is 2.31. The van der Waals surface area contributed by atoms with Crippen molar-refractivity contribution in [1.29, 1.82) is 0 Å². The van der Waals surface area contributed by atoms with Gasteiger partial charge in [-0.15, -0.1) is 0 Å². The van der Waals surface area contributed by atoms with Gasteiger partial charge in [0.15, 0.2) is 0 Å². The second-order valence-electron chi connectivity index (χ2n) is 5.41. The first-order chi connectivity index (χ1) is 12.8. The molecule has 27 heavy (non-hydrogen) atoms. The number of halogens is 3. The van der Waals surface area contributed by atoms with E-state index in [2.05, 4.69) is 20.4 Å². The fourth-order valence-corrected chi connectivity index (χ4v) is 2.15. The SMILES string of the molecule is O=C(Cn1cc(C(F)(F)F)ccc1=O)NCc1nc(-c2ccncc2)no1. The molecule has 0 saturated carbocycles. The van der Waals surface area contributed by atoms with Gasteiger partial charge in [0.25, 0.3) is 5.56 Å². The fourth-order valence-electron chi connectivity index (χ4n) is 2.15. The average Bonchev–Trinajstić information content (AvgIpc) is 3.11. The molecule has 3 aromatic heterocycles. The number of carbonyl (C=O) groups is 1. The van der Waals surface area contributed by atoms with E-state index in [1.54, 1.807) is 24.5 Å². The molecule has 1 N–H and O–H groups in total. The zero-order chi connectivity index (χ0) is 19.4. The topological polar surface area (TPSA) is 103 Å².